The van der Waals surface area contributed by atoms with Crippen molar-refractivity contribution in [3.63, 3.8) is 0 Å². The highest BCUT2D eigenvalue weighted by atomic mass is 16.6. The number of hydrogen-bond acceptors (Lipinski definition) is 5. The van der Waals surface area contributed by atoms with E-state index in [1.54, 1.807) is 0 Å². The molecule has 1 unspecified atom stereocenters. The van der Waals surface area contributed by atoms with E-state index in [9.17, 15) is 14.7 Å². The summed E-state index contributed by atoms with van der Waals surface area (Å²) in [5, 5.41) is 9.43. The van der Waals surface area contributed by atoms with Crippen LogP contribution in [-0.4, -0.2) is 36.4 Å². The maximum atomic E-state index is 12.0. The number of rotatable bonds is 26. The third-order valence-electron chi connectivity index (χ3n) is 6.40. The van der Waals surface area contributed by atoms with E-state index in [0.29, 0.717) is 12.8 Å². The van der Waals surface area contributed by atoms with Gasteiger partial charge < -0.3 is 14.6 Å². The molecular weight excluding hydrogens is 428 g/mol. The average Bonchev–Trinajstić information content (AvgIpc) is 2.84. The van der Waals surface area contributed by atoms with Crippen molar-refractivity contribution in [2.45, 2.75) is 161 Å². The number of unbranched alkanes of at least 4 members (excludes halogenated alkanes) is 18. The maximum absolute atomic E-state index is 12.0. The van der Waals surface area contributed by atoms with Crippen LogP contribution in [0.25, 0.3) is 0 Å². The summed E-state index contributed by atoms with van der Waals surface area (Å²) in [5.74, 6) is -0.590. The highest BCUT2D eigenvalue weighted by molar-refractivity contribution is 5.70. The Balaban J connectivity index is 3.59. The van der Waals surface area contributed by atoms with E-state index in [1.807, 2.05) is 0 Å². The Labute approximate surface area is 210 Å². The first kappa shape index (κ1) is 32.9. The lowest BCUT2D eigenvalue weighted by atomic mass is 10.1. The Morgan fingerprint density at radius 1 is 0.559 bits per heavy atom. The first-order valence-corrected chi connectivity index (χ1v) is 14.6. The lowest BCUT2D eigenvalue weighted by Crippen LogP contribution is -2.28. The van der Waals surface area contributed by atoms with Crippen LogP contribution in [-0.2, 0) is 19.1 Å². The number of ether oxygens (including phenoxy) is 2. The number of carbonyl (C=O) groups excluding carboxylic acids is 2. The summed E-state index contributed by atoms with van der Waals surface area (Å²) in [7, 11) is 0. The molecule has 0 aromatic rings. The number of aliphatic hydroxyl groups is 1. The zero-order chi connectivity index (χ0) is 25.1. The van der Waals surface area contributed by atoms with Crippen molar-refractivity contribution in [2.75, 3.05) is 13.2 Å². The molecule has 0 radical (unpaired) electrons. The summed E-state index contributed by atoms with van der Waals surface area (Å²) in [4.78, 5) is 23.9. The van der Waals surface area contributed by atoms with Crippen LogP contribution in [0.2, 0.25) is 0 Å². The molecule has 0 aromatic carbocycles. The van der Waals surface area contributed by atoms with Crippen molar-refractivity contribution in [1.82, 2.24) is 0 Å². The highest BCUT2D eigenvalue weighted by Gasteiger charge is 2.16. The van der Waals surface area contributed by atoms with Crippen molar-refractivity contribution in [1.29, 1.82) is 0 Å². The standard InChI is InChI=1S/C29H56O5/c1-3-5-7-9-11-13-14-16-18-20-22-24-29(32)34-27(25-30)26-33-28(31)23-21-19-17-15-12-10-8-6-4-2/h27,30H,3-26H2,1-2H3. The zero-order valence-corrected chi connectivity index (χ0v) is 22.6. The van der Waals surface area contributed by atoms with Crippen molar-refractivity contribution in [3.05, 3.63) is 0 Å². The molecule has 0 amide bonds. The average molecular weight is 485 g/mol. The normalized spacial score (nSPS) is 12.0. The Hall–Kier alpha value is -1.10. The first-order valence-electron chi connectivity index (χ1n) is 14.6. The number of esters is 2. The SMILES string of the molecule is CCCCCCCCCCCCCC(=O)OC(CO)COC(=O)CCCCCCCCCCC. The topological polar surface area (TPSA) is 72.8 Å². The third kappa shape index (κ3) is 24.0. The molecule has 0 aromatic heterocycles. The minimum atomic E-state index is -0.757. The van der Waals surface area contributed by atoms with Crippen molar-refractivity contribution in [3.8, 4) is 0 Å². The number of aliphatic hydroxyl groups excluding tert-OH is 1. The van der Waals surface area contributed by atoms with Crippen LogP contribution in [0.4, 0.5) is 0 Å². The van der Waals surface area contributed by atoms with Gasteiger partial charge in [-0.05, 0) is 12.8 Å². The molecule has 0 fully saturated rings. The summed E-state index contributed by atoms with van der Waals surface area (Å²) in [6.45, 7) is 4.09. The van der Waals surface area contributed by atoms with Crippen molar-refractivity contribution >= 4 is 11.9 Å². The van der Waals surface area contributed by atoms with Crippen LogP contribution in [0, 0.1) is 0 Å². The maximum Gasteiger partial charge on any atom is 0.306 e. The van der Waals surface area contributed by atoms with Crippen LogP contribution in [0.3, 0.4) is 0 Å². The fourth-order valence-electron chi connectivity index (χ4n) is 4.14. The van der Waals surface area contributed by atoms with Gasteiger partial charge >= 0.3 is 11.9 Å². The minimum absolute atomic E-state index is 0.0588. The fourth-order valence-corrected chi connectivity index (χ4v) is 4.14. The predicted octanol–water partition coefficient (Wildman–Crippen LogP) is 8.06. The van der Waals surface area contributed by atoms with E-state index >= 15 is 0 Å². The Bertz CT molecular complexity index is 452. The second-order valence-corrected chi connectivity index (χ2v) is 9.84. The van der Waals surface area contributed by atoms with Gasteiger partial charge in [-0.2, -0.15) is 0 Å². The fraction of sp³-hybridized carbons (Fsp3) is 0.931. The summed E-state index contributed by atoms with van der Waals surface area (Å²) in [5.41, 5.74) is 0. The van der Waals surface area contributed by atoms with E-state index in [4.69, 9.17) is 9.47 Å². The van der Waals surface area contributed by atoms with E-state index in [0.717, 1.165) is 38.5 Å². The van der Waals surface area contributed by atoms with Crippen LogP contribution >= 0.6 is 0 Å². The van der Waals surface area contributed by atoms with Gasteiger partial charge in [-0.3, -0.25) is 9.59 Å². The van der Waals surface area contributed by atoms with Crippen LogP contribution in [0.15, 0.2) is 0 Å². The molecular formula is C29H56O5. The van der Waals surface area contributed by atoms with E-state index in [2.05, 4.69) is 13.8 Å². The lowest BCUT2D eigenvalue weighted by molar-refractivity contribution is -0.161. The summed E-state index contributed by atoms with van der Waals surface area (Å²) < 4.78 is 10.5. The molecule has 0 heterocycles. The summed E-state index contributed by atoms with van der Waals surface area (Å²) >= 11 is 0. The molecule has 5 heteroatoms. The second kappa shape index (κ2) is 26.5. The minimum Gasteiger partial charge on any atom is -0.462 e. The van der Waals surface area contributed by atoms with Gasteiger partial charge in [0.1, 0.15) is 6.61 Å². The Morgan fingerprint density at radius 3 is 1.29 bits per heavy atom. The first-order chi connectivity index (χ1) is 16.6. The molecule has 0 saturated carbocycles. The van der Waals surface area contributed by atoms with Gasteiger partial charge in [0, 0.05) is 12.8 Å². The van der Waals surface area contributed by atoms with Crippen molar-refractivity contribution in [2.24, 2.45) is 0 Å². The van der Waals surface area contributed by atoms with Gasteiger partial charge in [0.25, 0.3) is 0 Å². The Morgan fingerprint density at radius 2 is 0.912 bits per heavy atom. The third-order valence-corrected chi connectivity index (χ3v) is 6.40. The zero-order valence-electron chi connectivity index (χ0n) is 22.6. The molecule has 0 rings (SSSR count). The molecule has 0 spiro atoms. The van der Waals surface area contributed by atoms with E-state index < -0.39 is 6.10 Å². The molecule has 1 atom stereocenters. The number of hydrogen-bond donors (Lipinski definition) is 1. The highest BCUT2D eigenvalue weighted by Crippen LogP contribution is 2.13. The lowest BCUT2D eigenvalue weighted by Gasteiger charge is -2.15. The second-order valence-electron chi connectivity index (χ2n) is 9.84. The van der Waals surface area contributed by atoms with Gasteiger partial charge in [-0.1, -0.05) is 129 Å². The molecule has 0 bridgehead atoms. The van der Waals surface area contributed by atoms with Gasteiger partial charge in [-0.25, -0.2) is 0 Å². The van der Waals surface area contributed by atoms with Crippen LogP contribution < -0.4 is 0 Å². The number of carbonyl (C=O) groups is 2. The van der Waals surface area contributed by atoms with Gasteiger partial charge in [0.15, 0.2) is 6.10 Å². The molecule has 202 valence electrons. The van der Waals surface area contributed by atoms with Crippen molar-refractivity contribution < 1.29 is 24.2 Å². The van der Waals surface area contributed by atoms with E-state index in [1.165, 1.54) is 89.9 Å². The summed E-state index contributed by atoms with van der Waals surface area (Å²) in [6.07, 6.45) is 24.4. The molecule has 1 N–H and O–H groups in total. The predicted molar refractivity (Wildman–Crippen MR) is 141 cm³/mol. The molecule has 34 heavy (non-hydrogen) atoms. The molecule has 0 aliphatic rings. The van der Waals surface area contributed by atoms with Gasteiger partial charge in [0.05, 0.1) is 6.61 Å². The van der Waals surface area contributed by atoms with E-state index in [-0.39, 0.29) is 25.2 Å². The Kier molecular flexibility index (Phi) is 25.6. The van der Waals surface area contributed by atoms with Gasteiger partial charge in [-0.15, -0.1) is 0 Å². The smallest absolute Gasteiger partial charge is 0.306 e. The van der Waals surface area contributed by atoms with Crippen LogP contribution in [0.5, 0.6) is 0 Å². The molecule has 5 nitrogen and oxygen atoms in total. The quantitative estimate of drug-likeness (QED) is 0.0992. The largest absolute Gasteiger partial charge is 0.462 e. The van der Waals surface area contributed by atoms with Gasteiger partial charge in [0.2, 0.25) is 0 Å². The monoisotopic (exact) mass is 484 g/mol. The molecule has 0 aliphatic carbocycles. The molecule has 0 saturated heterocycles. The summed E-state index contributed by atoms with van der Waals surface area (Å²) in [6, 6.07) is 0. The van der Waals surface area contributed by atoms with Crippen LogP contribution in [0.1, 0.15) is 155 Å². The molecule has 0 aliphatic heterocycles.